The van der Waals surface area contributed by atoms with Gasteiger partial charge in [-0.3, -0.25) is 9.59 Å². The molecule has 0 spiro atoms. The molecule has 5 nitrogen and oxygen atoms in total. The van der Waals surface area contributed by atoms with Gasteiger partial charge in [-0.25, -0.2) is 0 Å². The van der Waals surface area contributed by atoms with Crippen molar-refractivity contribution in [2.75, 3.05) is 26.2 Å². The lowest BCUT2D eigenvalue weighted by Gasteiger charge is -2.26. The molecule has 1 atom stereocenters. The number of carbonyl (C=O) groups is 2. The monoisotopic (exact) mass is 265 g/mol. The standard InChI is InChI=1S/C14H23N3O2/c1-2-12(17-9-3-4-13(17)18)14(19)16-10-11-5-7-15-8-6-11/h5,12,15H,2-4,6-10H2,1H3,(H,16,19). The lowest BCUT2D eigenvalue weighted by Crippen LogP contribution is -2.47. The summed E-state index contributed by atoms with van der Waals surface area (Å²) < 4.78 is 0. The highest BCUT2D eigenvalue weighted by molar-refractivity contribution is 5.88. The van der Waals surface area contributed by atoms with Gasteiger partial charge >= 0.3 is 0 Å². The maximum Gasteiger partial charge on any atom is 0.243 e. The zero-order chi connectivity index (χ0) is 13.7. The normalized spacial score (nSPS) is 21.2. The number of nitrogens with zero attached hydrogens (tertiary/aromatic N) is 1. The van der Waals surface area contributed by atoms with Gasteiger partial charge in [-0.1, -0.05) is 18.6 Å². The zero-order valence-electron chi connectivity index (χ0n) is 11.6. The highest BCUT2D eigenvalue weighted by Gasteiger charge is 2.31. The third kappa shape index (κ3) is 3.56. The molecule has 2 amide bonds. The van der Waals surface area contributed by atoms with Crippen LogP contribution in [0.15, 0.2) is 11.6 Å². The van der Waals surface area contributed by atoms with E-state index in [9.17, 15) is 9.59 Å². The van der Waals surface area contributed by atoms with E-state index >= 15 is 0 Å². The van der Waals surface area contributed by atoms with Crippen LogP contribution in [0.2, 0.25) is 0 Å². The molecule has 1 saturated heterocycles. The Morgan fingerprint density at radius 3 is 2.95 bits per heavy atom. The molecular weight excluding hydrogens is 242 g/mol. The summed E-state index contributed by atoms with van der Waals surface area (Å²) in [5, 5.41) is 6.22. The van der Waals surface area contributed by atoms with Crippen molar-refractivity contribution in [3.05, 3.63) is 11.6 Å². The zero-order valence-corrected chi connectivity index (χ0v) is 11.6. The van der Waals surface area contributed by atoms with E-state index in [1.165, 1.54) is 5.57 Å². The Morgan fingerprint density at radius 2 is 2.37 bits per heavy atom. The van der Waals surface area contributed by atoms with E-state index in [1.54, 1.807) is 4.90 Å². The lowest BCUT2D eigenvalue weighted by atomic mass is 10.1. The van der Waals surface area contributed by atoms with E-state index in [1.807, 2.05) is 6.92 Å². The minimum Gasteiger partial charge on any atom is -0.351 e. The Bertz CT molecular complexity index is 379. The van der Waals surface area contributed by atoms with Crippen LogP contribution in [-0.2, 0) is 9.59 Å². The summed E-state index contributed by atoms with van der Waals surface area (Å²) in [7, 11) is 0. The molecule has 2 aliphatic heterocycles. The summed E-state index contributed by atoms with van der Waals surface area (Å²) in [6.07, 6.45) is 5.25. The van der Waals surface area contributed by atoms with Gasteiger partial charge in [0, 0.05) is 26.1 Å². The Balaban J connectivity index is 1.86. The lowest BCUT2D eigenvalue weighted by molar-refractivity contribution is -0.137. The van der Waals surface area contributed by atoms with E-state index in [4.69, 9.17) is 0 Å². The fraction of sp³-hybridized carbons (Fsp3) is 0.714. The number of rotatable bonds is 5. The van der Waals surface area contributed by atoms with E-state index in [0.29, 0.717) is 19.4 Å². The van der Waals surface area contributed by atoms with E-state index in [2.05, 4.69) is 16.7 Å². The molecule has 0 saturated carbocycles. The number of carbonyl (C=O) groups excluding carboxylic acids is 2. The largest absolute Gasteiger partial charge is 0.351 e. The molecular formula is C14H23N3O2. The maximum absolute atomic E-state index is 12.2. The van der Waals surface area contributed by atoms with Crippen LogP contribution in [0.3, 0.4) is 0 Å². The van der Waals surface area contributed by atoms with Crippen LogP contribution < -0.4 is 10.6 Å². The number of hydrogen-bond donors (Lipinski definition) is 2. The highest BCUT2D eigenvalue weighted by Crippen LogP contribution is 2.16. The fourth-order valence-electron chi connectivity index (χ4n) is 2.69. The predicted molar refractivity (Wildman–Crippen MR) is 73.6 cm³/mol. The van der Waals surface area contributed by atoms with Crippen molar-refractivity contribution in [1.29, 1.82) is 0 Å². The molecule has 2 aliphatic rings. The molecule has 2 heterocycles. The first kappa shape index (κ1) is 14.1. The van der Waals surface area contributed by atoms with Crippen LogP contribution in [-0.4, -0.2) is 48.9 Å². The quantitative estimate of drug-likeness (QED) is 0.708. The molecule has 19 heavy (non-hydrogen) atoms. The Labute approximate surface area is 114 Å². The van der Waals surface area contributed by atoms with Gasteiger partial charge in [0.2, 0.25) is 11.8 Å². The Morgan fingerprint density at radius 1 is 1.53 bits per heavy atom. The van der Waals surface area contributed by atoms with Crippen molar-refractivity contribution in [3.8, 4) is 0 Å². The summed E-state index contributed by atoms with van der Waals surface area (Å²) in [6.45, 7) is 5.15. The van der Waals surface area contributed by atoms with Gasteiger partial charge in [0.1, 0.15) is 6.04 Å². The molecule has 1 fully saturated rings. The van der Waals surface area contributed by atoms with Crippen molar-refractivity contribution in [3.63, 3.8) is 0 Å². The smallest absolute Gasteiger partial charge is 0.243 e. The number of likely N-dealkylation sites (tertiary alicyclic amines) is 1. The molecule has 0 aliphatic carbocycles. The minimum absolute atomic E-state index is 0.0165. The maximum atomic E-state index is 12.2. The van der Waals surface area contributed by atoms with E-state index in [-0.39, 0.29) is 17.9 Å². The van der Waals surface area contributed by atoms with E-state index < -0.39 is 0 Å². The summed E-state index contributed by atoms with van der Waals surface area (Å²) in [5.41, 5.74) is 1.27. The van der Waals surface area contributed by atoms with Crippen LogP contribution in [0.25, 0.3) is 0 Å². The first-order valence-corrected chi connectivity index (χ1v) is 7.18. The summed E-state index contributed by atoms with van der Waals surface area (Å²) in [5.74, 6) is 0.0975. The van der Waals surface area contributed by atoms with Gasteiger partial charge in [-0.15, -0.1) is 0 Å². The van der Waals surface area contributed by atoms with Crippen LogP contribution in [0, 0.1) is 0 Å². The van der Waals surface area contributed by atoms with Crippen molar-refractivity contribution in [1.82, 2.24) is 15.5 Å². The summed E-state index contributed by atoms with van der Waals surface area (Å²) in [6, 6.07) is -0.294. The van der Waals surface area contributed by atoms with Crippen LogP contribution in [0.4, 0.5) is 0 Å². The number of hydrogen-bond acceptors (Lipinski definition) is 3. The first-order valence-electron chi connectivity index (χ1n) is 7.18. The summed E-state index contributed by atoms with van der Waals surface area (Å²) >= 11 is 0. The van der Waals surface area contributed by atoms with Crippen molar-refractivity contribution in [2.45, 2.75) is 38.6 Å². The molecule has 0 aromatic carbocycles. The molecule has 2 N–H and O–H groups in total. The topological polar surface area (TPSA) is 61.4 Å². The average Bonchev–Trinajstić information content (AvgIpc) is 2.85. The molecule has 0 radical (unpaired) electrons. The molecule has 106 valence electrons. The Kier molecular flexibility index (Phi) is 4.96. The third-order valence-electron chi connectivity index (χ3n) is 3.82. The van der Waals surface area contributed by atoms with Gasteiger partial charge in [0.25, 0.3) is 0 Å². The number of amides is 2. The van der Waals surface area contributed by atoms with Gasteiger partial charge in [-0.05, 0) is 25.8 Å². The third-order valence-corrected chi connectivity index (χ3v) is 3.82. The van der Waals surface area contributed by atoms with Gasteiger partial charge < -0.3 is 15.5 Å². The van der Waals surface area contributed by atoms with Gasteiger partial charge in [0.05, 0.1) is 0 Å². The first-order chi connectivity index (χ1) is 9.22. The van der Waals surface area contributed by atoms with E-state index in [0.717, 1.165) is 32.5 Å². The van der Waals surface area contributed by atoms with Crippen molar-refractivity contribution < 1.29 is 9.59 Å². The van der Waals surface area contributed by atoms with Gasteiger partial charge in [-0.2, -0.15) is 0 Å². The van der Waals surface area contributed by atoms with Gasteiger partial charge in [0.15, 0.2) is 0 Å². The fourth-order valence-corrected chi connectivity index (χ4v) is 2.69. The van der Waals surface area contributed by atoms with Crippen molar-refractivity contribution >= 4 is 11.8 Å². The van der Waals surface area contributed by atoms with Crippen LogP contribution in [0.1, 0.15) is 32.6 Å². The minimum atomic E-state index is -0.294. The average molecular weight is 265 g/mol. The van der Waals surface area contributed by atoms with Crippen LogP contribution in [0.5, 0.6) is 0 Å². The highest BCUT2D eigenvalue weighted by atomic mass is 16.2. The SMILES string of the molecule is CCC(C(=O)NCC1=CCNCC1)N1CCCC1=O. The second kappa shape index (κ2) is 6.70. The van der Waals surface area contributed by atoms with Crippen LogP contribution >= 0.6 is 0 Å². The molecule has 1 unspecified atom stereocenters. The number of nitrogens with one attached hydrogen (secondary N) is 2. The molecule has 5 heteroatoms. The molecule has 0 aromatic rings. The molecule has 2 rings (SSSR count). The molecule has 0 bridgehead atoms. The van der Waals surface area contributed by atoms with Crippen molar-refractivity contribution in [2.24, 2.45) is 0 Å². The summed E-state index contributed by atoms with van der Waals surface area (Å²) in [4.78, 5) is 25.6. The Hall–Kier alpha value is -1.36. The second-order valence-corrected chi connectivity index (χ2v) is 5.15. The molecule has 0 aromatic heterocycles. The predicted octanol–water partition coefficient (Wildman–Crippen LogP) is 0.423. The second-order valence-electron chi connectivity index (χ2n) is 5.15.